The van der Waals surface area contributed by atoms with Gasteiger partial charge in [-0.25, -0.2) is 5.43 Å². The number of non-ortho nitro benzene ring substituents is 1. The third kappa shape index (κ3) is 7.03. The zero-order chi connectivity index (χ0) is 29.4. The number of nitro benzene ring substituents is 1. The van der Waals surface area contributed by atoms with Crippen LogP contribution in [0.4, 0.5) is 5.69 Å². The van der Waals surface area contributed by atoms with Gasteiger partial charge in [0.05, 0.1) is 25.4 Å². The van der Waals surface area contributed by atoms with Gasteiger partial charge in [0.25, 0.3) is 17.5 Å². The van der Waals surface area contributed by atoms with E-state index in [4.69, 9.17) is 13.9 Å². The minimum Gasteiger partial charge on any atom is -0.493 e. The first kappa shape index (κ1) is 28.3. The molecule has 41 heavy (non-hydrogen) atoms. The van der Waals surface area contributed by atoms with Crippen LogP contribution in [0.15, 0.2) is 94.1 Å². The summed E-state index contributed by atoms with van der Waals surface area (Å²) in [6, 6.07) is 21.3. The van der Waals surface area contributed by atoms with Gasteiger partial charge in [0.2, 0.25) is 0 Å². The summed E-state index contributed by atoms with van der Waals surface area (Å²) in [6.45, 7) is 1.74. The summed E-state index contributed by atoms with van der Waals surface area (Å²) >= 11 is 0. The highest BCUT2D eigenvalue weighted by molar-refractivity contribution is 6.05. The molecule has 0 fully saturated rings. The van der Waals surface area contributed by atoms with E-state index in [9.17, 15) is 19.7 Å². The van der Waals surface area contributed by atoms with Crippen LogP contribution in [-0.4, -0.2) is 37.2 Å². The van der Waals surface area contributed by atoms with E-state index in [1.807, 2.05) is 0 Å². The Morgan fingerprint density at radius 2 is 1.71 bits per heavy atom. The van der Waals surface area contributed by atoms with Crippen LogP contribution in [0.3, 0.4) is 0 Å². The summed E-state index contributed by atoms with van der Waals surface area (Å²) in [7, 11) is 3.01. The van der Waals surface area contributed by atoms with Crippen molar-refractivity contribution in [1.82, 2.24) is 10.7 Å². The van der Waals surface area contributed by atoms with Crippen molar-refractivity contribution >= 4 is 29.8 Å². The van der Waals surface area contributed by atoms with Crippen LogP contribution in [0.5, 0.6) is 11.5 Å². The predicted molar refractivity (Wildman–Crippen MR) is 153 cm³/mol. The minimum atomic E-state index is -0.682. The predicted octanol–water partition coefficient (Wildman–Crippen LogP) is 5.10. The topological polar surface area (TPSA) is 145 Å². The minimum absolute atomic E-state index is 0.0152. The van der Waals surface area contributed by atoms with Crippen molar-refractivity contribution in [3.8, 4) is 22.8 Å². The molecule has 0 aliphatic rings. The van der Waals surface area contributed by atoms with E-state index >= 15 is 0 Å². The van der Waals surface area contributed by atoms with E-state index in [-0.39, 0.29) is 11.4 Å². The number of methoxy groups -OCH3 is 2. The monoisotopic (exact) mass is 554 g/mol. The molecular formula is C30H26N4O7. The zero-order valence-electron chi connectivity index (χ0n) is 22.4. The number of hydrogen-bond donors (Lipinski definition) is 2. The highest BCUT2D eigenvalue weighted by Gasteiger charge is 2.16. The van der Waals surface area contributed by atoms with Gasteiger partial charge < -0.3 is 19.2 Å². The molecule has 4 aromatic rings. The molecule has 0 bridgehead atoms. The number of carbonyl (C=O) groups excluding carboxylic acids is 2. The van der Waals surface area contributed by atoms with Gasteiger partial charge in [-0.1, -0.05) is 24.3 Å². The lowest BCUT2D eigenvalue weighted by molar-refractivity contribution is -0.384. The Hall–Kier alpha value is -5.71. The normalized spacial score (nSPS) is 11.2. The summed E-state index contributed by atoms with van der Waals surface area (Å²) < 4.78 is 16.4. The highest BCUT2D eigenvalue weighted by atomic mass is 16.6. The van der Waals surface area contributed by atoms with Gasteiger partial charge in [0, 0.05) is 23.3 Å². The van der Waals surface area contributed by atoms with Gasteiger partial charge in [-0.15, -0.1) is 0 Å². The Labute approximate surface area is 235 Å². The standard InChI is InChI=1S/C30H26N4O7/c1-19-15-22(34(37)38)10-12-24(19)26-14-11-23(41-26)18-31-33-30(36)25(32-29(35)21-7-5-4-6-8-21)16-20-9-13-27(39-2)28(17-20)40-3/h4-18H,1-3H3,(H,32,35)(H,33,36)/b25-16+,31-18+. The van der Waals surface area contributed by atoms with E-state index in [1.165, 1.54) is 38.6 Å². The molecular weight excluding hydrogens is 528 g/mol. The second-order valence-electron chi connectivity index (χ2n) is 8.65. The molecule has 2 amide bonds. The number of hydrazone groups is 1. The number of furan rings is 1. The van der Waals surface area contributed by atoms with Gasteiger partial charge in [-0.2, -0.15) is 5.10 Å². The molecule has 1 heterocycles. The van der Waals surface area contributed by atoms with E-state index in [2.05, 4.69) is 15.8 Å². The van der Waals surface area contributed by atoms with E-state index < -0.39 is 16.7 Å². The molecule has 4 rings (SSSR count). The Morgan fingerprint density at radius 1 is 0.951 bits per heavy atom. The fraction of sp³-hybridized carbons (Fsp3) is 0.100. The van der Waals surface area contributed by atoms with Crippen LogP contribution in [0.2, 0.25) is 0 Å². The van der Waals surface area contributed by atoms with Crippen molar-refractivity contribution in [2.45, 2.75) is 6.92 Å². The maximum absolute atomic E-state index is 13.1. The number of amides is 2. The first-order valence-electron chi connectivity index (χ1n) is 12.3. The van der Waals surface area contributed by atoms with Crippen LogP contribution in [0.1, 0.15) is 27.2 Å². The number of benzene rings is 3. The fourth-order valence-corrected chi connectivity index (χ4v) is 3.87. The molecule has 11 nitrogen and oxygen atoms in total. The number of ether oxygens (including phenoxy) is 2. The molecule has 1 aromatic heterocycles. The van der Waals surface area contributed by atoms with Gasteiger partial charge in [0.15, 0.2) is 11.5 Å². The number of nitrogens with one attached hydrogen (secondary N) is 2. The van der Waals surface area contributed by atoms with Crippen molar-refractivity contribution in [3.63, 3.8) is 0 Å². The van der Waals surface area contributed by atoms with Crippen molar-refractivity contribution in [2.75, 3.05) is 14.2 Å². The first-order chi connectivity index (χ1) is 19.8. The van der Waals surface area contributed by atoms with Gasteiger partial charge in [-0.05, 0) is 66.6 Å². The molecule has 0 spiro atoms. The van der Waals surface area contributed by atoms with Crippen LogP contribution >= 0.6 is 0 Å². The summed E-state index contributed by atoms with van der Waals surface area (Å²) in [5, 5.41) is 17.6. The largest absolute Gasteiger partial charge is 0.493 e. The smallest absolute Gasteiger partial charge is 0.287 e. The first-order valence-corrected chi connectivity index (χ1v) is 12.3. The lowest BCUT2D eigenvalue weighted by Crippen LogP contribution is -2.32. The van der Waals surface area contributed by atoms with Crippen molar-refractivity contribution in [1.29, 1.82) is 0 Å². The Morgan fingerprint density at radius 3 is 2.39 bits per heavy atom. The second kappa shape index (κ2) is 12.9. The number of rotatable bonds is 10. The molecule has 0 atom stereocenters. The molecule has 0 unspecified atom stereocenters. The Bertz CT molecular complexity index is 1640. The highest BCUT2D eigenvalue weighted by Crippen LogP contribution is 2.29. The quantitative estimate of drug-likeness (QED) is 0.120. The number of carbonyl (C=O) groups is 2. The van der Waals surface area contributed by atoms with Crippen LogP contribution in [0, 0.1) is 17.0 Å². The molecule has 3 aromatic carbocycles. The maximum Gasteiger partial charge on any atom is 0.287 e. The molecule has 0 saturated carbocycles. The number of nitrogens with zero attached hydrogens (tertiary/aromatic N) is 2. The lowest BCUT2D eigenvalue weighted by Gasteiger charge is -2.11. The van der Waals surface area contributed by atoms with Crippen molar-refractivity contribution in [3.05, 3.63) is 117 Å². The molecule has 208 valence electrons. The Kier molecular flexibility index (Phi) is 8.90. The van der Waals surface area contributed by atoms with Crippen LogP contribution < -0.4 is 20.2 Å². The van der Waals surface area contributed by atoms with E-state index in [0.29, 0.717) is 45.3 Å². The summed E-state index contributed by atoms with van der Waals surface area (Å²) in [6.07, 6.45) is 2.78. The third-order valence-corrected chi connectivity index (χ3v) is 5.92. The summed E-state index contributed by atoms with van der Waals surface area (Å²) in [4.78, 5) is 36.5. The van der Waals surface area contributed by atoms with E-state index in [1.54, 1.807) is 73.7 Å². The maximum atomic E-state index is 13.1. The summed E-state index contributed by atoms with van der Waals surface area (Å²) in [5.41, 5.74) is 4.61. The van der Waals surface area contributed by atoms with Gasteiger partial charge in [0.1, 0.15) is 17.2 Å². The average Bonchev–Trinajstić information content (AvgIpc) is 3.45. The molecule has 0 radical (unpaired) electrons. The Balaban J connectivity index is 1.53. The number of nitro groups is 1. The number of hydrogen-bond acceptors (Lipinski definition) is 8. The molecule has 0 aliphatic heterocycles. The second-order valence-corrected chi connectivity index (χ2v) is 8.65. The molecule has 0 saturated heterocycles. The van der Waals surface area contributed by atoms with E-state index in [0.717, 1.165) is 0 Å². The lowest BCUT2D eigenvalue weighted by atomic mass is 10.1. The fourth-order valence-electron chi connectivity index (χ4n) is 3.87. The molecule has 2 N–H and O–H groups in total. The zero-order valence-corrected chi connectivity index (χ0v) is 22.4. The van der Waals surface area contributed by atoms with Gasteiger partial charge >= 0.3 is 0 Å². The summed E-state index contributed by atoms with van der Waals surface area (Å²) in [5.74, 6) is 0.607. The van der Waals surface area contributed by atoms with Crippen molar-refractivity contribution < 1.29 is 28.4 Å². The molecule has 0 aliphatic carbocycles. The van der Waals surface area contributed by atoms with Gasteiger partial charge in [-0.3, -0.25) is 19.7 Å². The molecule has 11 heteroatoms. The third-order valence-electron chi connectivity index (χ3n) is 5.92. The average molecular weight is 555 g/mol. The SMILES string of the molecule is COc1ccc(/C=C(/NC(=O)c2ccccc2)C(=O)N/N=C/c2ccc(-c3ccc([N+](=O)[O-])cc3C)o2)cc1OC. The van der Waals surface area contributed by atoms with Crippen LogP contribution in [0.25, 0.3) is 17.4 Å². The van der Waals surface area contributed by atoms with Crippen LogP contribution in [-0.2, 0) is 4.79 Å². The number of aryl methyl sites for hydroxylation is 1. The van der Waals surface area contributed by atoms with Crippen molar-refractivity contribution in [2.24, 2.45) is 5.10 Å².